The first-order chi connectivity index (χ1) is 9.00. The number of hydrogen-bond donors (Lipinski definition) is 2. The van der Waals surface area contributed by atoms with Crippen LogP contribution in [0.15, 0.2) is 24.4 Å². The maximum Gasteiger partial charge on any atom is 0.433 e. The van der Waals surface area contributed by atoms with Gasteiger partial charge in [-0.25, -0.2) is 4.98 Å². The molecule has 0 saturated heterocycles. The molecule has 0 saturated carbocycles. The van der Waals surface area contributed by atoms with Crippen LogP contribution in [-0.4, -0.2) is 15.2 Å². The minimum Gasteiger partial charge on any atom is -0.363 e. The van der Waals surface area contributed by atoms with Gasteiger partial charge < -0.3 is 5.32 Å². The molecule has 0 spiro atoms. The van der Waals surface area contributed by atoms with E-state index in [1.165, 1.54) is 6.20 Å². The average molecular weight is 267 g/mol. The van der Waals surface area contributed by atoms with Gasteiger partial charge in [0.15, 0.2) is 0 Å². The largest absolute Gasteiger partial charge is 0.433 e. The molecule has 2 heterocycles. The van der Waals surface area contributed by atoms with Gasteiger partial charge in [-0.15, -0.1) is 0 Å². The van der Waals surface area contributed by atoms with Crippen molar-refractivity contribution >= 4 is 5.82 Å². The highest BCUT2D eigenvalue weighted by Gasteiger charge is 2.33. The van der Waals surface area contributed by atoms with Gasteiger partial charge in [-0.2, -0.15) is 23.5 Å². The summed E-state index contributed by atoms with van der Waals surface area (Å²) in [6.07, 6.45) is -3.03. The molecule has 0 amide bonds. The number of alkyl halides is 3. The number of nitrogens with zero attached hydrogens (tertiary/aromatic N) is 3. The summed E-state index contributed by atoms with van der Waals surface area (Å²) in [4.78, 5) is 3.42. The fourth-order valence-electron chi connectivity index (χ4n) is 1.40. The van der Waals surface area contributed by atoms with Crippen molar-refractivity contribution in [3.63, 3.8) is 0 Å². The van der Waals surface area contributed by atoms with Crippen molar-refractivity contribution in [1.82, 2.24) is 15.2 Å². The van der Waals surface area contributed by atoms with Crippen LogP contribution in [0.2, 0.25) is 0 Å². The number of aromatic nitrogens is 3. The third-order valence-electron chi connectivity index (χ3n) is 2.31. The SMILES string of the molecule is N#Cc1ccc(C(F)(F)F)nc1NCc1ccn[nH]1. The van der Waals surface area contributed by atoms with E-state index in [0.29, 0.717) is 5.69 Å². The monoisotopic (exact) mass is 267 g/mol. The van der Waals surface area contributed by atoms with Crippen molar-refractivity contribution in [1.29, 1.82) is 5.26 Å². The topological polar surface area (TPSA) is 77.4 Å². The zero-order valence-corrected chi connectivity index (χ0v) is 9.49. The molecule has 0 unspecified atom stereocenters. The first kappa shape index (κ1) is 12.9. The predicted octanol–water partition coefficient (Wildman–Crippen LogP) is 2.31. The van der Waals surface area contributed by atoms with Gasteiger partial charge in [0.2, 0.25) is 0 Å². The molecule has 0 aromatic carbocycles. The Morgan fingerprint density at radius 1 is 1.32 bits per heavy atom. The Hall–Kier alpha value is -2.56. The Balaban J connectivity index is 2.24. The Morgan fingerprint density at radius 2 is 2.11 bits per heavy atom. The molecular formula is C11H8F3N5. The summed E-state index contributed by atoms with van der Waals surface area (Å²) in [5.74, 6) is -0.105. The van der Waals surface area contributed by atoms with Gasteiger partial charge in [0, 0.05) is 6.20 Å². The summed E-state index contributed by atoms with van der Waals surface area (Å²) in [7, 11) is 0. The zero-order chi connectivity index (χ0) is 13.9. The summed E-state index contributed by atoms with van der Waals surface area (Å²) >= 11 is 0. The van der Waals surface area contributed by atoms with Gasteiger partial charge in [-0.3, -0.25) is 5.10 Å². The van der Waals surface area contributed by atoms with E-state index in [2.05, 4.69) is 20.5 Å². The maximum absolute atomic E-state index is 12.5. The minimum atomic E-state index is -4.54. The highest BCUT2D eigenvalue weighted by atomic mass is 19.4. The highest BCUT2D eigenvalue weighted by molar-refractivity contribution is 5.52. The van der Waals surface area contributed by atoms with Crippen LogP contribution < -0.4 is 5.32 Å². The van der Waals surface area contributed by atoms with E-state index in [4.69, 9.17) is 5.26 Å². The molecule has 19 heavy (non-hydrogen) atoms. The van der Waals surface area contributed by atoms with Crippen molar-refractivity contribution in [3.05, 3.63) is 41.3 Å². The van der Waals surface area contributed by atoms with E-state index >= 15 is 0 Å². The molecule has 0 aliphatic heterocycles. The number of H-pyrrole nitrogens is 1. The number of aromatic amines is 1. The van der Waals surface area contributed by atoms with E-state index in [1.807, 2.05) is 0 Å². The summed E-state index contributed by atoms with van der Waals surface area (Å²) in [5.41, 5.74) is -0.325. The molecule has 2 rings (SSSR count). The molecule has 0 atom stereocenters. The van der Waals surface area contributed by atoms with Crippen molar-refractivity contribution in [2.45, 2.75) is 12.7 Å². The summed E-state index contributed by atoms with van der Waals surface area (Å²) in [5, 5.41) is 17.9. The van der Waals surface area contributed by atoms with E-state index < -0.39 is 11.9 Å². The number of halogens is 3. The minimum absolute atomic E-state index is 0.0486. The molecule has 0 aliphatic carbocycles. The Bertz CT molecular complexity index is 598. The number of pyridine rings is 1. The van der Waals surface area contributed by atoms with Gasteiger partial charge in [0.05, 0.1) is 17.8 Å². The second kappa shape index (κ2) is 4.97. The highest BCUT2D eigenvalue weighted by Crippen LogP contribution is 2.29. The van der Waals surface area contributed by atoms with Crippen LogP contribution in [0.4, 0.5) is 19.0 Å². The van der Waals surface area contributed by atoms with Crippen LogP contribution in [0.1, 0.15) is 17.0 Å². The van der Waals surface area contributed by atoms with E-state index in [1.54, 1.807) is 12.1 Å². The molecule has 0 radical (unpaired) electrons. The molecule has 0 fully saturated rings. The standard InChI is InChI=1S/C11H8F3N5/c12-11(13,14)9-2-1-7(5-15)10(18-9)16-6-8-3-4-17-19-8/h1-4H,6H2,(H,16,18)(H,17,19). The van der Waals surface area contributed by atoms with E-state index in [9.17, 15) is 13.2 Å². The Labute approximate surface area is 106 Å². The van der Waals surface area contributed by atoms with E-state index in [-0.39, 0.29) is 17.9 Å². The number of anilines is 1. The first-order valence-electron chi connectivity index (χ1n) is 5.21. The van der Waals surface area contributed by atoms with Gasteiger partial charge in [0.25, 0.3) is 0 Å². The molecule has 8 heteroatoms. The zero-order valence-electron chi connectivity index (χ0n) is 9.49. The lowest BCUT2D eigenvalue weighted by Crippen LogP contribution is -2.11. The number of rotatable bonds is 3. The van der Waals surface area contributed by atoms with Gasteiger partial charge in [0.1, 0.15) is 17.6 Å². The summed E-state index contributed by atoms with van der Waals surface area (Å²) in [6.45, 7) is 0.197. The lowest BCUT2D eigenvalue weighted by molar-refractivity contribution is -0.141. The van der Waals surface area contributed by atoms with Gasteiger partial charge >= 0.3 is 6.18 Å². The van der Waals surface area contributed by atoms with Crippen LogP contribution in [0.3, 0.4) is 0 Å². The smallest absolute Gasteiger partial charge is 0.363 e. The van der Waals surface area contributed by atoms with Crippen molar-refractivity contribution < 1.29 is 13.2 Å². The Morgan fingerprint density at radius 3 is 2.68 bits per heavy atom. The third-order valence-corrected chi connectivity index (χ3v) is 2.31. The van der Waals surface area contributed by atoms with Crippen LogP contribution >= 0.6 is 0 Å². The van der Waals surface area contributed by atoms with E-state index in [0.717, 1.165) is 12.1 Å². The number of hydrogen-bond acceptors (Lipinski definition) is 4. The molecule has 0 aliphatic rings. The molecule has 2 N–H and O–H groups in total. The van der Waals surface area contributed by atoms with Gasteiger partial charge in [-0.1, -0.05) is 0 Å². The van der Waals surface area contributed by atoms with Crippen LogP contribution in [0, 0.1) is 11.3 Å². The first-order valence-corrected chi connectivity index (χ1v) is 5.21. The van der Waals surface area contributed by atoms with Gasteiger partial charge in [-0.05, 0) is 18.2 Å². The normalized spacial score (nSPS) is 11.1. The van der Waals surface area contributed by atoms with Crippen molar-refractivity contribution in [2.24, 2.45) is 0 Å². The fourth-order valence-corrected chi connectivity index (χ4v) is 1.40. The second-order valence-corrected chi connectivity index (χ2v) is 3.64. The molecule has 98 valence electrons. The lowest BCUT2D eigenvalue weighted by Gasteiger charge is -2.10. The van der Waals surface area contributed by atoms with Crippen LogP contribution in [0.25, 0.3) is 0 Å². The summed E-state index contributed by atoms with van der Waals surface area (Å²) in [6, 6.07) is 5.31. The average Bonchev–Trinajstić information content (AvgIpc) is 2.88. The fraction of sp³-hybridized carbons (Fsp3) is 0.182. The predicted molar refractivity (Wildman–Crippen MR) is 59.9 cm³/mol. The van der Waals surface area contributed by atoms with Crippen molar-refractivity contribution in [2.75, 3.05) is 5.32 Å². The molecule has 5 nitrogen and oxygen atoms in total. The summed E-state index contributed by atoms with van der Waals surface area (Å²) < 4.78 is 37.6. The number of nitriles is 1. The van der Waals surface area contributed by atoms with Crippen LogP contribution in [-0.2, 0) is 12.7 Å². The second-order valence-electron chi connectivity index (χ2n) is 3.64. The van der Waals surface area contributed by atoms with Crippen molar-refractivity contribution in [3.8, 4) is 6.07 Å². The quantitative estimate of drug-likeness (QED) is 0.894. The molecule has 2 aromatic heterocycles. The third kappa shape index (κ3) is 3.01. The lowest BCUT2D eigenvalue weighted by atomic mass is 10.2. The molecule has 2 aromatic rings. The Kier molecular flexibility index (Phi) is 3.37. The van der Waals surface area contributed by atoms with Crippen LogP contribution in [0.5, 0.6) is 0 Å². The number of nitrogens with one attached hydrogen (secondary N) is 2. The maximum atomic E-state index is 12.5. The molecule has 0 bridgehead atoms. The molecular weight excluding hydrogens is 259 g/mol.